The maximum absolute atomic E-state index is 12.1. The second-order valence-electron chi connectivity index (χ2n) is 4.53. The highest BCUT2D eigenvalue weighted by atomic mass is 35.5. The molecule has 0 spiro atoms. The molecule has 2 rings (SSSR count). The van der Waals surface area contributed by atoms with E-state index in [2.05, 4.69) is 9.46 Å². The van der Waals surface area contributed by atoms with Crippen LogP contribution in [0.2, 0.25) is 5.02 Å². The van der Waals surface area contributed by atoms with Gasteiger partial charge < -0.3 is 4.74 Å². The van der Waals surface area contributed by atoms with Gasteiger partial charge in [-0.15, -0.1) is 0 Å². The van der Waals surface area contributed by atoms with E-state index in [0.29, 0.717) is 5.56 Å². The highest BCUT2D eigenvalue weighted by molar-refractivity contribution is 7.91. The molecule has 0 atom stereocenters. The number of halogens is 1. The van der Waals surface area contributed by atoms with Crippen molar-refractivity contribution in [2.75, 3.05) is 11.8 Å². The van der Waals surface area contributed by atoms with Crippen LogP contribution in [-0.2, 0) is 20.5 Å². The maximum Gasteiger partial charge on any atom is 0.339 e. The summed E-state index contributed by atoms with van der Waals surface area (Å²) in [4.78, 5) is 11.6. The summed E-state index contributed by atoms with van der Waals surface area (Å²) in [6.45, 7) is 0. The molecular weight excluding hydrogens is 326 g/mol. The normalized spacial score (nSPS) is 11.0. The van der Waals surface area contributed by atoms with Gasteiger partial charge in [0.25, 0.3) is 0 Å². The molecular formula is C15H14ClNO4S. The third kappa shape index (κ3) is 4.22. The maximum atomic E-state index is 12.1. The van der Waals surface area contributed by atoms with Crippen LogP contribution in [0.1, 0.15) is 15.9 Å². The lowest BCUT2D eigenvalue weighted by atomic mass is 10.2. The number of esters is 1. The van der Waals surface area contributed by atoms with Crippen molar-refractivity contribution in [2.45, 2.75) is 5.75 Å². The molecule has 0 saturated heterocycles. The van der Waals surface area contributed by atoms with E-state index in [-0.39, 0.29) is 22.0 Å². The predicted molar refractivity (Wildman–Crippen MR) is 85.5 cm³/mol. The van der Waals surface area contributed by atoms with E-state index in [0.717, 1.165) is 0 Å². The molecule has 116 valence electrons. The molecule has 22 heavy (non-hydrogen) atoms. The van der Waals surface area contributed by atoms with Gasteiger partial charge in [-0.3, -0.25) is 4.72 Å². The Hall–Kier alpha value is -2.05. The number of methoxy groups -OCH3 is 1. The fraction of sp³-hybridized carbons (Fsp3) is 0.133. The Balaban J connectivity index is 2.21. The first kappa shape index (κ1) is 16.3. The molecule has 0 aliphatic heterocycles. The number of anilines is 1. The molecule has 0 aliphatic rings. The Kier molecular flexibility index (Phi) is 5.05. The summed E-state index contributed by atoms with van der Waals surface area (Å²) >= 11 is 5.89. The number of hydrogen-bond donors (Lipinski definition) is 1. The second kappa shape index (κ2) is 6.81. The number of rotatable bonds is 5. The van der Waals surface area contributed by atoms with Gasteiger partial charge in [0.05, 0.1) is 23.4 Å². The number of benzene rings is 2. The second-order valence-corrected chi connectivity index (χ2v) is 6.66. The number of ether oxygens (including phenoxy) is 1. The summed E-state index contributed by atoms with van der Waals surface area (Å²) in [6.07, 6.45) is 0. The van der Waals surface area contributed by atoms with E-state index in [1.165, 1.54) is 25.3 Å². The molecule has 0 unspecified atom stereocenters. The van der Waals surface area contributed by atoms with Gasteiger partial charge in [0.2, 0.25) is 10.0 Å². The van der Waals surface area contributed by atoms with Crippen LogP contribution in [0.5, 0.6) is 0 Å². The molecule has 0 amide bonds. The van der Waals surface area contributed by atoms with Crippen LogP contribution in [-0.4, -0.2) is 21.5 Å². The largest absolute Gasteiger partial charge is 0.465 e. The Morgan fingerprint density at radius 3 is 2.50 bits per heavy atom. The molecule has 0 radical (unpaired) electrons. The summed E-state index contributed by atoms with van der Waals surface area (Å²) < 4.78 is 31.3. The van der Waals surface area contributed by atoms with E-state index in [1.807, 2.05) is 6.07 Å². The molecule has 0 saturated carbocycles. The zero-order valence-electron chi connectivity index (χ0n) is 11.7. The van der Waals surface area contributed by atoms with Gasteiger partial charge in [0.1, 0.15) is 0 Å². The number of sulfonamides is 1. The van der Waals surface area contributed by atoms with Crippen molar-refractivity contribution in [2.24, 2.45) is 0 Å². The van der Waals surface area contributed by atoms with Crippen LogP contribution in [0, 0.1) is 0 Å². The highest BCUT2D eigenvalue weighted by Crippen LogP contribution is 2.22. The molecule has 2 aromatic rings. The van der Waals surface area contributed by atoms with Crippen LogP contribution < -0.4 is 4.72 Å². The van der Waals surface area contributed by atoms with Gasteiger partial charge in [0, 0.05) is 5.69 Å². The molecule has 0 bridgehead atoms. The van der Waals surface area contributed by atoms with Crippen molar-refractivity contribution in [3.8, 4) is 0 Å². The summed E-state index contributed by atoms with van der Waals surface area (Å²) in [7, 11) is -2.37. The first-order valence-corrected chi connectivity index (χ1v) is 8.36. The Morgan fingerprint density at radius 2 is 1.86 bits per heavy atom. The predicted octanol–water partition coefficient (Wildman–Crippen LogP) is 3.07. The molecule has 1 N–H and O–H groups in total. The van der Waals surface area contributed by atoms with Crippen molar-refractivity contribution >= 4 is 33.3 Å². The van der Waals surface area contributed by atoms with E-state index in [1.54, 1.807) is 24.3 Å². The SMILES string of the molecule is COC(=O)c1cc(NS(=O)(=O)Cc2ccccc2)ccc1Cl. The standard InChI is InChI=1S/C15H14ClNO4S/c1-21-15(18)13-9-12(7-8-14(13)16)17-22(19,20)10-11-5-3-2-4-6-11/h2-9,17H,10H2,1H3. The molecule has 0 fully saturated rings. The summed E-state index contributed by atoms with van der Waals surface area (Å²) in [6, 6.07) is 13.1. The molecule has 7 heteroatoms. The first-order chi connectivity index (χ1) is 10.4. The van der Waals surface area contributed by atoms with E-state index >= 15 is 0 Å². The number of hydrogen-bond acceptors (Lipinski definition) is 4. The van der Waals surface area contributed by atoms with E-state index in [9.17, 15) is 13.2 Å². The van der Waals surface area contributed by atoms with Gasteiger partial charge in [-0.05, 0) is 23.8 Å². The fourth-order valence-electron chi connectivity index (χ4n) is 1.86. The molecule has 0 heterocycles. The minimum absolute atomic E-state index is 0.101. The summed E-state index contributed by atoms with van der Waals surface area (Å²) in [5.41, 5.74) is 1.02. The smallest absolute Gasteiger partial charge is 0.339 e. The van der Waals surface area contributed by atoms with Gasteiger partial charge in [0.15, 0.2) is 0 Å². The van der Waals surface area contributed by atoms with E-state index in [4.69, 9.17) is 11.6 Å². The van der Waals surface area contributed by atoms with Crippen molar-refractivity contribution < 1.29 is 17.9 Å². The van der Waals surface area contributed by atoms with Crippen molar-refractivity contribution in [1.29, 1.82) is 0 Å². The Bertz CT molecular complexity index is 775. The fourth-order valence-corrected chi connectivity index (χ4v) is 3.25. The number of nitrogens with one attached hydrogen (secondary N) is 1. The lowest BCUT2D eigenvalue weighted by molar-refractivity contribution is 0.0601. The van der Waals surface area contributed by atoms with E-state index < -0.39 is 16.0 Å². The van der Waals surface area contributed by atoms with Crippen molar-refractivity contribution in [3.05, 3.63) is 64.7 Å². The Morgan fingerprint density at radius 1 is 1.18 bits per heavy atom. The van der Waals surface area contributed by atoms with Crippen LogP contribution >= 0.6 is 11.6 Å². The average molecular weight is 340 g/mol. The van der Waals surface area contributed by atoms with Gasteiger partial charge in [-0.25, -0.2) is 13.2 Å². The molecule has 2 aromatic carbocycles. The van der Waals surface area contributed by atoms with Gasteiger partial charge in [-0.1, -0.05) is 41.9 Å². The van der Waals surface area contributed by atoms with Gasteiger partial charge in [-0.2, -0.15) is 0 Å². The topological polar surface area (TPSA) is 72.5 Å². The highest BCUT2D eigenvalue weighted by Gasteiger charge is 2.15. The average Bonchev–Trinajstić information content (AvgIpc) is 2.48. The first-order valence-electron chi connectivity index (χ1n) is 6.33. The molecule has 0 aromatic heterocycles. The van der Waals surface area contributed by atoms with Crippen molar-refractivity contribution in [1.82, 2.24) is 0 Å². The zero-order chi connectivity index (χ0) is 16.2. The zero-order valence-corrected chi connectivity index (χ0v) is 13.3. The minimum Gasteiger partial charge on any atom is -0.465 e. The number of carbonyl (C=O) groups excluding carboxylic acids is 1. The molecule has 5 nitrogen and oxygen atoms in total. The van der Waals surface area contributed by atoms with Crippen LogP contribution in [0.3, 0.4) is 0 Å². The van der Waals surface area contributed by atoms with Crippen molar-refractivity contribution in [3.63, 3.8) is 0 Å². The van der Waals surface area contributed by atoms with Crippen LogP contribution in [0.4, 0.5) is 5.69 Å². The quantitative estimate of drug-likeness (QED) is 0.850. The lowest BCUT2D eigenvalue weighted by Crippen LogP contribution is -2.15. The lowest BCUT2D eigenvalue weighted by Gasteiger charge is -2.10. The van der Waals surface area contributed by atoms with Crippen LogP contribution in [0.15, 0.2) is 48.5 Å². The Labute approximate surface area is 133 Å². The minimum atomic E-state index is -3.59. The third-order valence-corrected chi connectivity index (χ3v) is 4.43. The molecule has 0 aliphatic carbocycles. The summed E-state index contributed by atoms with van der Waals surface area (Å²) in [5.74, 6) is -0.793. The van der Waals surface area contributed by atoms with Crippen LogP contribution in [0.25, 0.3) is 0 Å². The number of carbonyl (C=O) groups is 1. The third-order valence-electron chi connectivity index (χ3n) is 2.84. The monoisotopic (exact) mass is 339 g/mol. The summed E-state index contributed by atoms with van der Waals surface area (Å²) in [5, 5.41) is 0.192. The van der Waals surface area contributed by atoms with Gasteiger partial charge >= 0.3 is 5.97 Å².